The number of aromatic nitrogens is 2. The predicted octanol–water partition coefficient (Wildman–Crippen LogP) is 0.988. The zero-order chi connectivity index (χ0) is 15.5. The molecule has 2 aromatic rings. The Kier molecular flexibility index (Phi) is 5.09. The summed E-state index contributed by atoms with van der Waals surface area (Å²) >= 11 is 1.28. The summed E-state index contributed by atoms with van der Waals surface area (Å²) in [7, 11) is -1.66. The zero-order valence-electron chi connectivity index (χ0n) is 12.1. The van der Waals surface area contributed by atoms with E-state index in [-0.39, 0.29) is 6.54 Å². The monoisotopic (exact) mass is 330 g/mol. The van der Waals surface area contributed by atoms with Crippen LogP contribution in [0.4, 0.5) is 0 Å². The van der Waals surface area contributed by atoms with Gasteiger partial charge in [-0.25, -0.2) is 13.1 Å². The van der Waals surface area contributed by atoms with Crippen LogP contribution >= 0.6 is 11.3 Å². The Bertz CT molecular complexity index is 706. The second-order valence-corrected chi connectivity index (χ2v) is 7.71. The average Bonchev–Trinajstić information content (AvgIpc) is 2.98. The Morgan fingerprint density at radius 2 is 2.14 bits per heavy atom. The van der Waals surface area contributed by atoms with Crippen LogP contribution in [0.1, 0.15) is 22.2 Å². The molecular weight excluding hydrogens is 312 g/mol. The molecule has 0 fully saturated rings. The van der Waals surface area contributed by atoms with Crippen molar-refractivity contribution >= 4 is 21.4 Å². The number of thiophene rings is 1. The number of nitrogens with zero attached hydrogens (tertiary/aromatic N) is 2. The lowest BCUT2D eigenvalue weighted by Gasteiger charge is -2.02. The van der Waals surface area contributed by atoms with Crippen molar-refractivity contribution in [2.24, 2.45) is 0 Å². The van der Waals surface area contributed by atoms with Crippen molar-refractivity contribution in [3.8, 4) is 0 Å². The van der Waals surface area contributed by atoms with E-state index < -0.39 is 10.0 Å². The summed E-state index contributed by atoms with van der Waals surface area (Å²) in [6, 6.07) is 1.69. The molecule has 0 atom stereocenters. The maximum absolute atomic E-state index is 12.2. The smallest absolute Gasteiger partial charge is 0.250 e. The first-order chi connectivity index (χ1) is 9.92. The minimum atomic E-state index is -3.49. The Morgan fingerprint density at radius 1 is 1.38 bits per heavy atom. The largest absolute Gasteiger partial charge is 0.340 e. The lowest BCUT2D eigenvalue weighted by atomic mass is 10.3. The molecule has 0 aliphatic heterocycles. The van der Waals surface area contributed by atoms with Gasteiger partial charge in [-0.3, -0.25) is 0 Å². The van der Waals surface area contributed by atoms with E-state index in [1.807, 2.05) is 14.0 Å². The van der Waals surface area contributed by atoms with Gasteiger partial charge in [0.1, 0.15) is 4.21 Å². The Labute approximate surface area is 127 Å². The van der Waals surface area contributed by atoms with Crippen molar-refractivity contribution in [1.29, 1.82) is 0 Å². The molecule has 21 heavy (non-hydrogen) atoms. The fraction of sp³-hybridized carbons (Fsp3) is 0.500. The van der Waals surface area contributed by atoms with E-state index in [2.05, 4.69) is 20.2 Å². The first kappa shape index (κ1) is 16.1. The molecule has 0 aliphatic carbocycles. The van der Waals surface area contributed by atoms with E-state index in [9.17, 15) is 8.42 Å². The molecule has 0 aliphatic rings. The number of nitrogens with one attached hydrogen (secondary N) is 2. The molecule has 0 amide bonds. The first-order valence-corrected chi connectivity index (χ1v) is 8.75. The van der Waals surface area contributed by atoms with Gasteiger partial charge in [0, 0.05) is 31.3 Å². The molecule has 0 unspecified atom stereocenters. The predicted molar refractivity (Wildman–Crippen MR) is 79.7 cm³/mol. The first-order valence-electron chi connectivity index (χ1n) is 6.45. The van der Waals surface area contributed by atoms with Crippen molar-refractivity contribution in [3.63, 3.8) is 0 Å². The molecule has 2 heterocycles. The van der Waals surface area contributed by atoms with Crippen LogP contribution in [0.3, 0.4) is 0 Å². The molecule has 0 aromatic carbocycles. The van der Waals surface area contributed by atoms with Gasteiger partial charge in [0.15, 0.2) is 5.82 Å². The van der Waals surface area contributed by atoms with Gasteiger partial charge in [-0.15, -0.1) is 11.3 Å². The second-order valence-electron chi connectivity index (χ2n) is 4.58. The SMILES string of the molecule is CNCc1sc(S(=O)(=O)NCCc2noc(C)n2)cc1C. The van der Waals surface area contributed by atoms with Gasteiger partial charge in [0.25, 0.3) is 0 Å². The maximum Gasteiger partial charge on any atom is 0.250 e. The highest BCUT2D eigenvalue weighted by Crippen LogP contribution is 2.25. The molecule has 0 saturated heterocycles. The van der Waals surface area contributed by atoms with E-state index in [1.54, 1.807) is 13.0 Å². The Hall–Kier alpha value is -1.29. The average molecular weight is 330 g/mol. The summed E-state index contributed by atoms with van der Waals surface area (Å²) in [6.07, 6.45) is 0.393. The third-order valence-electron chi connectivity index (χ3n) is 2.81. The Balaban J connectivity index is 1.99. The molecule has 0 spiro atoms. The highest BCUT2D eigenvalue weighted by atomic mass is 32.2. The molecule has 2 aromatic heterocycles. The van der Waals surface area contributed by atoms with E-state index in [1.165, 1.54) is 11.3 Å². The van der Waals surface area contributed by atoms with Crippen LogP contribution in [-0.4, -0.2) is 32.2 Å². The molecule has 0 bridgehead atoms. The van der Waals surface area contributed by atoms with Gasteiger partial charge in [-0.2, -0.15) is 4.98 Å². The quantitative estimate of drug-likeness (QED) is 0.786. The van der Waals surface area contributed by atoms with Crippen molar-refractivity contribution in [2.45, 2.75) is 31.0 Å². The van der Waals surface area contributed by atoms with Gasteiger partial charge < -0.3 is 9.84 Å². The fourth-order valence-corrected chi connectivity index (χ4v) is 4.45. The van der Waals surface area contributed by atoms with Crippen LogP contribution in [-0.2, 0) is 23.0 Å². The van der Waals surface area contributed by atoms with Gasteiger partial charge in [-0.05, 0) is 25.6 Å². The van der Waals surface area contributed by atoms with Gasteiger partial charge in [0.2, 0.25) is 15.9 Å². The van der Waals surface area contributed by atoms with Crippen molar-refractivity contribution in [1.82, 2.24) is 20.2 Å². The van der Waals surface area contributed by atoms with Crippen LogP contribution in [0.5, 0.6) is 0 Å². The lowest BCUT2D eigenvalue weighted by molar-refractivity contribution is 0.387. The number of sulfonamides is 1. The van der Waals surface area contributed by atoms with E-state index >= 15 is 0 Å². The molecule has 2 rings (SSSR count). The third kappa shape index (κ3) is 4.10. The number of rotatable bonds is 7. The van der Waals surface area contributed by atoms with Gasteiger partial charge in [0.05, 0.1) is 0 Å². The lowest BCUT2D eigenvalue weighted by Crippen LogP contribution is -2.25. The normalized spacial score (nSPS) is 12.0. The van der Waals surface area contributed by atoms with E-state index in [0.29, 0.717) is 28.9 Å². The van der Waals surface area contributed by atoms with Crippen LogP contribution in [0.2, 0.25) is 0 Å². The molecule has 7 nitrogen and oxygen atoms in total. The van der Waals surface area contributed by atoms with E-state index in [0.717, 1.165) is 10.4 Å². The van der Waals surface area contributed by atoms with Crippen molar-refractivity contribution in [2.75, 3.05) is 13.6 Å². The van der Waals surface area contributed by atoms with Crippen LogP contribution in [0, 0.1) is 13.8 Å². The Morgan fingerprint density at radius 3 is 2.76 bits per heavy atom. The van der Waals surface area contributed by atoms with E-state index in [4.69, 9.17) is 4.52 Å². The summed E-state index contributed by atoms with van der Waals surface area (Å²) in [4.78, 5) is 5.05. The minimum Gasteiger partial charge on any atom is -0.340 e. The highest BCUT2D eigenvalue weighted by Gasteiger charge is 2.18. The topological polar surface area (TPSA) is 97.1 Å². The molecule has 9 heteroatoms. The summed E-state index contributed by atoms with van der Waals surface area (Å²) in [6.45, 7) is 4.50. The summed E-state index contributed by atoms with van der Waals surface area (Å²) < 4.78 is 32.1. The van der Waals surface area contributed by atoms with Gasteiger partial charge >= 0.3 is 0 Å². The van der Waals surface area contributed by atoms with Crippen molar-refractivity contribution in [3.05, 3.63) is 28.2 Å². The van der Waals surface area contributed by atoms with Crippen LogP contribution < -0.4 is 10.0 Å². The molecule has 0 radical (unpaired) electrons. The summed E-state index contributed by atoms with van der Waals surface area (Å²) in [5, 5.41) is 6.75. The number of aryl methyl sites for hydroxylation is 2. The standard InChI is InChI=1S/C12H18N4O3S2/c1-8-6-12(20-10(8)7-13-3)21(17,18)14-5-4-11-15-9(2)19-16-11/h6,13-14H,4-5,7H2,1-3H3. The molecule has 2 N–H and O–H groups in total. The summed E-state index contributed by atoms with van der Waals surface area (Å²) in [5.41, 5.74) is 0.975. The fourth-order valence-electron chi connectivity index (χ4n) is 1.77. The third-order valence-corrected chi connectivity index (χ3v) is 5.98. The maximum atomic E-state index is 12.2. The van der Waals surface area contributed by atoms with Crippen LogP contribution in [0.15, 0.2) is 14.8 Å². The summed E-state index contributed by atoms with van der Waals surface area (Å²) in [5.74, 6) is 0.965. The van der Waals surface area contributed by atoms with Crippen molar-refractivity contribution < 1.29 is 12.9 Å². The van der Waals surface area contributed by atoms with Crippen LogP contribution in [0.25, 0.3) is 0 Å². The molecular formula is C12H18N4O3S2. The van der Waals surface area contributed by atoms with Gasteiger partial charge in [-0.1, -0.05) is 5.16 Å². The highest BCUT2D eigenvalue weighted by molar-refractivity contribution is 7.91. The zero-order valence-corrected chi connectivity index (χ0v) is 13.8. The number of hydrogen-bond donors (Lipinski definition) is 2. The second kappa shape index (κ2) is 6.65. The minimum absolute atomic E-state index is 0.236. The molecule has 116 valence electrons. The number of hydrogen-bond acceptors (Lipinski definition) is 7. The molecule has 0 saturated carbocycles.